The maximum atomic E-state index is 12.1. The monoisotopic (exact) mass is 297 g/mol. The van der Waals surface area contributed by atoms with Crippen LogP contribution in [0.4, 0.5) is 11.4 Å². The quantitative estimate of drug-likeness (QED) is 0.496. The molecule has 0 unspecified atom stereocenters. The Labute approximate surface area is 121 Å². The first-order chi connectivity index (χ1) is 9.38. The summed E-state index contributed by atoms with van der Waals surface area (Å²) in [6, 6.07) is 2.30. The van der Waals surface area contributed by atoms with Crippen LogP contribution in [0.25, 0.3) is 0 Å². The fourth-order valence-electron chi connectivity index (χ4n) is 2.09. The van der Waals surface area contributed by atoms with E-state index in [0.29, 0.717) is 6.54 Å². The highest BCUT2D eigenvalue weighted by Gasteiger charge is 2.40. The normalized spacial score (nSPS) is 15.7. The number of non-ortho nitro benzene ring substituents is 1. The number of nitrogen functional groups attached to an aromatic ring is 1. The number of nitrogens with two attached hydrogens (primary N) is 1. The van der Waals surface area contributed by atoms with Gasteiger partial charge in [-0.25, -0.2) is 0 Å². The van der Waals surface area contributed by atoms with Crippen molar-refractivity contribution in [3.05, 3.63) is 32.8 Å². The van der Waals surface area contributed by atoms with E-state index in [2.05, 4.69) is 12.2 Å². The molecule has 1 aromatic carbocycles. The lowest BCUT2D eigenvalue weighted by Crippen LogP contribution is -2.30. The predicted molar refractivity (Wildman–Crippen MR) is 76.8 cm³/mol. The van der Waals surface area contributed by atoms with Gasteiger partial charge in [0, 0.05) is 18.7 Å². The van der Waals surface area contributed by atoms with Crippen molar-refractivity contribution in [2.45, 2.75) is 26.2 Å². The second kappa shape index (κ2) is 5.28. The molecule has 0 radical (unpaired) electrons. The molecule has 1 aliphatic rings. The molecule has 0 aliphatic heterocycles. The van der Waals surface area contributed by atoms with Crippen molar-refractivity contribution in [2.75, 3.05) is 12.3 Å². The lowest BCUT2D eigenvalue weighted by atomic mass is 10.0. The smallest absolute Gasteiger partial charge is 0.271 e. The molecule has 0 spiro atoms. The van der Waals surface area contributed by atoms with Crippen LogP contribution < -0.4 is 11.1 Å². The molecule has 108 valence electrons. The molecule has 1 aliphatic carbocycles. The van der Waals surface area contributed by atoms with Gasteiger partial charge in [-0.05, 0) is 24.7 Å². The van der Waals surface area contributed by atoms with Gasteiger partial charge in [0.15, 0.2) is 0 Å². The highest BCUT2D eigenvalue weighted by atomic mass is 35.5. The van der Waals surface area contributed by atoms with Gasteiger partial charge in [-0.3, -0.25) is 14.9 Å². The zero-order valence-corrected chi connectivity index (χ0v) is 11.9. The molecule has 0 heterocycles. The number of carbonyl (C=O) groups excluding carboxylic acids is 1. The van der Waals surface area contributed by atoms with Crippen LogP contribution in [-0.2, 0) is 0 Å². The van der Waals surface area contributed by atoms with Crippen molar-refractivity contribution in [2.24, 2.45) is 5.41 Å². The maximum absolute atomic E-state index is 12.1. The van der Waals surface area contributed by atoms with E-state index in [9.17, 15) is 14.9 Å². The molecule has 1 aromatic rings. The minimum absolute atomic E-state index is 0.0148. The summed E-state index contributed by atoms with van der Waals surface area (Å²) in [6.07, 6.45) is 3.18. The van der Waals surface area contributed by atoms with Gasteiger partial charge in [0.1, 0.15) is 0 Å². The van der Waals surface area contributed by atoms with Crippen molar-refractivity contribution in [1.29, 1.82) is 0 Å². The zero-order chi connectivity index (χ0) is 14.9. The molecule has 1 amide bonds. The summed E-state index contributed by atoms with van der Waals surface area (Å²) < 4.78 is 0. The summed E-state index contributed by atoms with van der Waals surface area (Å²) in [7, 11) is 0. The Morgan fingerprint density at radius 3 is 2.70 bits per heavy atom. The Morgan fingerprint density at radius 1 is 1.55 bits per heavy atom. The molecule has 6 nitrogen and oxygen atoms in total. The third-order valence-corrected chi connectivity index (χ3v) is 4.21. The minimum Gasteiger partial charge on any atom is -0.397 e. The highest BCUT2D eigenvalue weighted by Crippen LogP contribution is 2.47. The van der Waals surface area contributed by atoms with Gasteiger partial charge in [0.05, 0.1) is 21.2 Å². The van der Waals surface area contributed by atoms with Crippen LogP contribution in [0.1, 0.15) is 36.5 Å². The van der Waals surface area contributed by atoms with Gasteiger partial charge in [0.2, 0.25) is 0 Å². The van der Waals surface area contributed by atoms with E-state index in [-0.39, 0.29) is 27.4 Å². The average molecular weight is 298 g/mol. The Kier molecular flexibility index (Phi) is 3.85. The average Bonchev–Trinajstić information content (AvgIpc) is 3.19. The van der Waals surface area contributed by atoms with Gasteiger partial charge < -0.3 is 11.1 Å². The molecule has 1 saturated carbocycles. The van der Waals surface area contributed by atoms with E-state index in [4.69, 9.17) is 17.3 Å². The summed E-state index contributed by atoms with van der Waals surface area (Å²) in [6.45, 7) is 2.64. The van der Waals surface area contributed by atoms with Gasteiger partial charge in [-0.2, -0.15) is 0 Å². The summed E-state index contributed by atoms with van der Waals surface area (Å²) in [5.41, 5.74) is 5.79. The van der Waals surface area contributed by atoms with E-state index >= 15 is 0 Å². The summed E-state index contributed by atoms with van der Waals surface area (Å²) in [5.74, 6) is -0.423. The molecule has 0 saturated heterocycles. The minimum atomic E-state index is -0.601. The second-order valence-corrected chi connectivity index (χ2v) is 5.59. The van der Waals surface area contributed by atoms with Gasteiger partial charge in [-0.1, -0.05) is 18.5 Å². The van der Waals surface area contributed by atoms with E-state index in [1.165, 1.54) is 0 Å². The maximum Gasteiger partial charge on any atom is 0.271 e. The molecule has 1 fully saturated rings. The van der Waals surface area contributed by atoms with Crippen LogP contribution in [-0.4, -0.2) is 17.4 Å². The second-order valence-electron chi connectivity index (χ2n) is 5.18. The van der Waals surface area contributed by atoms with E-state index < -0.39 is 10.8 Å². The summed E-state index contributed by atoms with van der Waals surface area (Å²) >= 11 is 5.83. The molecule has 7 heteroatoms. The standard InChI is InChI=1S/C13H16ClN3O3/c1-2-13(3-4-13)7-16-12(18)9-5-8(17(19)20)6-10(14)11(9)15/h5-6H,2-4,7,15H2,1H3,(H,16,18). The lowest BCUT2D eigenvalue weighted by molar-refractivity contribution is -0.384. The number of benzene rings is 1. The number of anilines is 1. The van der Waals surface area contributed by atoms with E-state index in [0.717, 1.165) is 31.4 Å². The molecule has 2 rings (SSSR count). The van der Waals surface area contributed by atoms with Crippen molar-refractivity contribution < 1.29 is 9.72 Å². The fraction of sp³-hybridized carbons (Fsp3) is 0.462. The van der Waals surface area contributed by atoms with E-state index in [1.807, 2.05) is 0 Å². The SMILES string of the molecule is CCC1(CNC(=O)c2cc([N+](=O)[O-])cc(Cl)c2N)CC1. The van der Waals surface area contributed by atoms with Crippen LogP contribution in [0.3, 0.4) is 0 Å². The van der Waals surface area contributed by atoms with Crippen LogP contribution in [0, 0.1) is 15.5 Å². The van der Waals surface area contributed by atoms with Crippen molar-refractivity contribution in [1.82, 2.24) is 5.32 Å². The molecule has 0 aromatic heterocycles. The Bertz CT molecular complexity index is 570. The summed E-state index contributed by atoms with van der Waals surface area (Å²) in [4.78, 5) is 22.3. The molecule has 3 N–H and O–H groups in total. The summed E-state index contributed by atoms with van der Waals surface area (Å²) in [5, 5.41) is 13.6. The van der Waals surface area contributed by atoms with Crippen molar-refractivity contribution in [3.8, 4) is 0 Å². The van der Waals surface area contributed by atoms with Crippen LogP contribution in [0.15, 0.2) is 12.1 Å². The number of amides is 1. The van der Waals surface area contributed by atoms with E-state index in [1.54, 1.807) is 0 Å². The largest absolute Gasteiger partial charge is 0.397 e. The number of hydrogen-bond acceptors (Lipinski definition) is 4. The van der Waals surface area contributed by atoms with Gasteiger partial charge >= 0.3 is 0 Å². The van der Waals surface area contributed by atoms with Crippen LogP contribution in [0.2, 0.25) is 5.02 Å². The van der Waals surface area contributed by atoms with Crippen molar-refractivity contribution in [3.63, 3.8) is 0 Å². The number of hydrogen-bond donors (Lipinski definition) is 2. The fourth-order valence-corrected chi connectivity index (χ4v) is 2.31. The van der Waals surface area contributed by atoms with Crippen LogP contribution >= 0.6 is 11.6 Å². The zero-order valence-electron chi connectivity index (χ0n) is 11.1. The topological polar surface area (TPSA) is 98.3 Å². The lowest BCUT2D eigenvalue weighted by Gasteiger charge is -2.14. The number of carbonyl (C=O) groups is 1. The first-order valence-electron chi connectivity index (χ1n) is 6.40. The molecular weight excluding hydrogens is 282 g/mol. The first kappa shape index (κ1) is 14.6. The number of nitro groups is 1. The number of nitrogens with zero attached hydrogens (tertiary/aromatic N) is 1. The Morgan fingerprint density at radius 2 is 2.20 bits per heavy atom. The van der Waals surface area contributed by atoms with Crippen molar-refractivity contribution >= 4 is 28.9 Å². The Hall–Kier alpha value is -1.82. The number of halogens is 1. The molecule has 0 bridgehead atoms. The molecule has 0 atom stereocenters. The number of rotatable bonds is 5. The Balaban J connectivity index is 2.18. The third-order valence-electron chi connectivity index (χ3n) is 3.90. The van der Waals surface area contributed by atoms with Gasteiger partial charge in [-0.15, -0.1) is 0 Å². The number of nitrogens with one attached hydrogen (secondary N) is 1. The molecule has 20 heavy (non-hydrogen) atoms. The highest BCUT2D eigenvalue weighted by molar-refractivity contribution is 6.34. The first-order valence-corrected chi connectivity index (χ1v) is 6.78. The van der Waals surface area contributed by atoms with Crippen LogP contribution in [0.5, 0.6) is 0 Å². The molecular formula is C13H16ClN3O3. The predicted octanol–water partition coefficient (Wildman–Crippen LogP) is 2.75. The third kappa shape index (κ3) is 2.85. The van der Waals surface area contributed by atoms with Gasteiger partial charge in [0.25, 0.3) is 11.6 Å². The number of nitro benzene ring substituents is 1.